The molecule has 0 radical (unpaired) electrons. The van der Waals surface area contributed by atoms with E-state index in [1.807, 2.05) is 0 Å². The van der Waals surface area contributed by atoms with Gasteiger partial charge in [0.25, 0.3) is 0 Å². The molecule has 0 aliphatic carbocycles. The Morgan fingerprint density at radius 2 is 0.836 bits per heavy atom. The standard InChI is InChI=1S/C52H37N3/c1-5-18-41(19-6-1)53(42-20-7-2-8-21-42)45-26-15-17-38(34-45)40-33-39-31-32-48-37-50(39)51(35-40)49-29-13-14-30-52(49)55(44-24-11-4-12-25-44)47-28-16-27-46(36-47)54(48)43-22-9-3-10-23-43/h1-37H. The number of hydrogen-bond acceptors (Lipinski definition) is 1. The van der Waals surface area contributed by atoms with Crippen LogP contribution in [-0.2, 0) is 0 Å². The summed E-state index contributed by atoms with van der Waals surface area (Å²) in [5.74, 6) is 0. The zero-order chi connectivity index (χ0) is 36.6. The fourth-order valence-electron chi connectivity index (χ4n) is 8.00. The molecule has 0 fully saturated rings. The molecule has 0 atom stereocenters. The maximum Gasteiger partial charge on any atom is 0.0540 e. The molecule has 260 valence electrons. The van der Waals surface area contributed by atoms with Crippen LogP contribution in [0.1, 0.15) is 0 Å². The predicted octanol–water partition coefficient (Wildman–Crippen LogP) is 14.1. The van der Waals surface area contributed by atoms with Gasteiger partial charge < -0.3 is 14.0 Å². The fraction of sp³-hybridized carbons (Fsp3) is 0. The molecule has 3 heteroatoms. The number of hydrogen-bond donors (Lipinski definition) is 0. The molecular formula is C52H37N3. The lowest BCUT2D eigenvalue weighted by atomic mass is 9.95. The number of anilines is 3. The van der Waals surface area contributed by atoms with Crippen LogP contribution >= 0.6 is 0 Å². The van der Waals surface area contributed by atoms with E-state index in [-0.39, 0.29) is 0 Å². The van der Waals surface area contributed by atoms with Gasteiger partial charge in [0.1, 0.15) is 0 Å². The van der Waals surface area contributed by atoms with Crippen LogP contribution in [-0.4, -0.2) is 9.13 Å². The molecule has 0 N–H and O–H groups in total. The summed E-state index contributed by atoms with van der Waals surface area (Å²) in [7, 11) is 0. The lowest BCUT2D eigenvalue weighted by Crippen LogP contribution is -2.09. The smallest absolute Gasteiger partial charge is 0.0540 e. The minimum Gasteiger partial charge on any atom is -0.310 e. The highest BCUT2D eigenvalue weighted by Gasteiger charge is 2.15. The summed E-state index contributed by atoms with van der Waals surface area (Å²) in [5.41, 5.74) is 12.3. The number of nitrogens with zero attached hydrogens (tertiary/aromatic N) is 3. The van der Waals surface area contributed by atoms with Crippen LogP contribution in [0.15, 0.2) is 224 Å². The van der Waals surface area contributed by atoms with E-state index < -0.39 is 0 Å². The van der Waals surface area contributed by atoms with Crippen molar-refractivity contribution in [1.29, 1.82) is 0 Å². The van der Waals surface area contributed by atoms with Crippen LogP contribution in [0.4, 0.5) is 17.1 Å². The first-order valence-corrected chi connectivity index (χ1v) is 18.8. The molecule has 1 heterocycles. The number of benzene rings is 9. The van der Waals surface area contributed by atoms with Crippen LogP contribution in [0.5, 0.6) is 0 Å². The number of rotatable bonds is 6. The lowest BCUT2D eigenvalue weighted by molar-refractivity contribution is 1.14. The molecule has 1 aromatic heterocycles. The Kier molecular flexibility index (Phi) is 8.16. The molecule has 0 saturated carbocycles. The van der Waals surface area contributed by atoms with Gasteiger partial charge in [0, 0.05) is 50.4 Å². The molecule has 3 nitrogen and oxygen atoms in total. The van der Waals surface area contributed by atoms with Crippen LogP contribution in [0.25, 0.3) is 66.1 Å². The Balaban J connectivity index is 1.31. The van der Waals surface area contributed by atoms with E-state index in [1.54, 1.807) is 0 Å². The van der Waals surface area contributed by atoms with Crippen LogP contribution in [0.2, 0.25) is 0 Å². The van der Waals surface area contributed by atoms with Gasteiger partial charge in [-0.25, -0.2) is 0 Å². The molecular weight excluding hydrogens is 667 g/mol. The summed E-state index contributed by atoms with van der Waals surface area (Å²) < 4.78 is 4.76. The van der Waals surface area contributed by atoms with Gasteiger partial charge in [0.2, 0.25) is 0 Å². The summed E-state index contributed by atoms with van der Waals surface area (Å²) >= 11 is 0. The highest BCUT2D eigenvalue weighted by Crippen LogP contribution is 2.39. The van der Waals surface area contributed by atoms with E-state index in [4.69, 9.17) is 0 Å². The van der Waals surface area contributed by atoms with Crippen LogP contribution in [0.3, 0.4) is 0 Å². The van der Waals surface area contributed by atoms with Gasteiger partial charge in [0.05, 0.1) is 5.52 Å². The third kappa shape index (κ3) is 5.98. The Hall–Kier alpha value is -7.36. The molecule has 0 aliphatic rings. The normalized spacial score (nSPS) is 11.3. The Bertz CT molecular complexity index is 2980. The van der Waals surface area contributed by atoms with Crippen molar-refractivity contribution in [3.05, 3.63) is 224 Å². The van der Waals surface area contributed by atoms with Crippen molar-refractivity contribution in [2.75, 3.05) is 4.90 Å². The quantitative estimate of drug-likeness (QED) is 0.168. The van der Waals surface area contributed by atoms with Crippen molar-refractivity contribution >= 4 is 60.7 Å². The SMILES string of the molecule is c1ccc(N(c2ccccc2)c2cccc(-c3cc4ccc5cc4c(c3)c3ccccc3n(-c3ccccc3)c3cccc(c3)n5-c3ccccc3)c2)cc1. The highest BCUT2D eigenvalue weighted by molar-refractivity contribution is 6.14. The monoisotopic (exact) mass is 703 g/mol. The van der Waals surface area contributed by atoms with E-state index >= 15 is 0 Å². The maximum absolute atomic E-state index is 2.40. The van der Waals surface area contributed by atoms with E-state index in [9.17, 15) is 0 Å². The second kappa shape index (κ2) is 13.9. The molecule has 0 spiro atoms. The van der Waals surface area contributed by atoms with Crippen molar-refractivity contribution in [3.8, 4) is 22.5 Å². The second-order valence-corrected chi connectivity index (χ2v) is 13.9. The van der Waals surface area contributed by atoms with E-state index in [1.165, 1.54) is 21.5 Å². The first kappa shape index (κ1) is 32.3. The Labute approximate surface area is 320 Å². The minimum atomic E-state index is 1.09. The van der Waals surface area contributed by atoms with Gasteiger partial charge in [-0.05, 0) is 136 Å². The Morgan fingerprint density at radius 1 is 0.291 bits per heavy atom. The topological polar surface area (TPSA) is 13.1 Å². The van der Waals surface area contributed by atoms with E-state index in [0.717, 1.165) is 61.6 Å². The molecule has 0 amide bonds. The van der Waals surface area contributed by atoms with Gasteiger partial charge in [-0.1, -0.05) is 115 Å². The molecule has 4 bridgehead atoms. The molecule has 0 aliphatic heterocycles. The summed E-state index contributed by atoms with van der Waals surface area (Å²) in [4.78, 5) is 2.33. The van der Waals surface area contributed by atoms with Crippen LogP contribution < -0.4 is 4.90 Å². The largest absolute Gasteiger partial charge is 0.310 e. The molecule has 55 heavy (non-hydrogen) atoms. The second-order valence-electron chi connectivity index (χ2n) is 13.9. The minimum absolute atomic E-state index is 1.09. The first-order chi connectivity index (χ1) is 27.3. The highest BCUT2D eigenvalue weighted by atomic mass is 15.1. The van der Waals surface area contributed by atoms with Gasteiger partial charge in [-0.3, -0.25) is 0 Å². The molecule has 10 aromatic rings. The fourth-order valence-corrected chi connectivity index (χ4v) is 8.00. The van der Waals surface area contributed by atoms with Crippen molar-refractivity contribution in [1.82, 2.24) is 9.13 Å². The van der Waals surface area contributed by atoms with Gasteiger partial charge in [-0.15, -0.1) is 0 Å². The van der Waals surface area contributed by atoms with Gasteiger partial charge in [-0.2, -0.15) is 0 Å². The molecule has 9 aromatic carbocycles. The van der Waals surface area contributed by atoms with Crippen molar-refractivity contribution < 1.29 is 0 Å². The summed E-state index contributed by atoms with van der Waals surface area (Å²) in [5, 5.41) is 4.73. The van der Waals surface area contributed by atoms with E-state index in [2.05, 4.69) is 238 Å². The number of aromatic nitrogens is 2. The van der Waals surface area contributed by atoms with E-state index in [0.29, 0.717) is 0 Å². The molecule has 10 rings (SSSR count). The predicted molar refractivity (Wildman–Crippen MR) is 233 cm³/mol. The summed E-state index contributed by atoms with van der Waals surface area (Å²) in [6.07, 6.45) is 0. The van der Waals surface area contributed by atoms with Crippen molar-refractivity contribution in [2.45, 2.75) is 0 Å². The summed E-state index contributed by atoms with van der Waals surface area (Å²) in [6.45, 7) is 0. The van der Waals surface area contributed by atoms with Crippen molar-refractivity contribution in [3.63, 3.8) is 0 Å². The number of para-hydroxylation sites is 5. The van der Waals surface area contributed by atoms with Gasteiger partial charge >= 0.3 is 0 Å². The molecule has 0 unspecified atom stereocenters. The lowest BCUT2D eigenvalue weighted by Gasteiger charge is -2.26. The third-order valence-electron chi connectivity index (χ3n) is 10.5. The third-order valence-corrected chi connectivity index (χ3v) is 10.5. The van der Waals surface area contributed by atoms with Crippen molar-refractivity contribution in [2.24, 2.45) is 0 Å². The first-order valence-electron chi connectivity index (χ1n) is 18.8. The zero-order valence-electron chi connectivity index (χ0n) is 30.2. The Morgan fingerprint density at radius 3 is 1.53 bits per heavy atom. The van der Waals surface area contributed by atoms with Crippen LogP contribution in [0, 0.1) is 0 Å². The zero-order valence-corrected chi connectivity index (χ0v) is 30.2. The molecule has 0 saturated heterocycles. The summed E-state index contributed by atoms with van der Waals surface area (Å²) in [6, 6.07) is 80.9. The average molecular weight is 704 g/mol. The average Bonchev–Trinajstić information content (AvgIpc) is 3.26. The number of fused-ring (bicyclic) bond motifs is 5. The van der Waals surface area contributed by atoms with Gasteiger partial charge in [0.15, 0.2) is 0 Å². The maximum atomic E-state index is 2.40.